The molecule has 0 aliphatic heterocycles. The third-order valence-electron chi connectivity index (χ3n) is 3.71. The number of anilines is 2. The maximum Gasteiger partial charge on any atom is 0.329 e. The molecule has 1 aromatic heterocycles. The van der Waals surface area contributed by atoms with Gasteiger partial charge in [-0.25, -0.2) is 10.8 Å². The molecule has 21 heavy (non-hydrogen) atoms. The Labute approximate surface area is 122 Å². The Bertz CT molecular complexity index is 502. The minimum atomic E-state index is -0.856. The lowest BCUT2D eigenvalue weighted by molar-refractivity contribution is -0.384. The second-order valence-electron chi connectivity index (χ2n) is 5.32. The summed E-state index contributed by atoms with van der Waals surface area (Å²) in [5.74, 6) is 5.34. The van der Waals surface area contributed by atoms with Crippen molar-refractivity contribution in [3.8, 4) is 0 Å². The molecule has 0 spiro atoms. The average Bonchev–Trinajstić information content (AvgIpc) is 2.70. The Morgan fingerprint density at radius 2 is 2.05 bits per heavy atom. The van der Waals surface area contributed by atoms with Gasteiger partial charge in [0.15, 0.2) is 0 Å². The van der Waals surface area contributed by atoms with Gasteiger partial charge in [-0.15, -0.1) is 0 Å². The molecule has 116 valence electrons. The summed E-state index contributed by atoms with van der Waals surface area (Å²) in [6, 6.07) is 0. The first-order chi connectivity index (χ1) is 10.0. The van der Waals surface area contributed by atoms with Crippen LogP contribution in [0.15, 0.2) is 6.20 Å². The van der Waals surface area contributed by atoms with E-state index in [0.717, 1.165) is 31.9 Å². The largest absolute Gasteiger partial charge is 0.388 e. The summed E-state index contributed by atoms with van der Waals surface area (Å²) in [4.78, 5) is 18.1. The van der Waals surface area contributed by atoms with Crippen molar-refractivity contribution in [3.05, 3.63) is 16.3 Å². The van der Waals surface area contributed by atoms with Gasteiger partial charge in [0.2, 0.25) is 11.8 Å². The fourth-order valence-corrected chi connectivity index (χ4v) is 2.52. The molecule has 5 N–H and O–H groups in total. The second-order valence-corrected chi connectivity index (χ2v) is 5.32. The predicted octanol–water partition coefficient (Wildman–Crippen LogP) is 1.17. The summed E-state index contributed by atoms with van der Waals surface area (Å²) in [6.45, 7) is 0.217. The van der Waals surface area contributed by atoms with E-state index in [4.69, 9.17) is 5.84 Å². The molecule has 1 aromatic rings. The van der Waals surface area contributed by atoms with Gasteiger partial charge in [0, 0.05) is 6.54 Å². The summed E-state index contributed by atoms with van der Waals surface area (Å²) in [7, 11) is 0. The van der Waals surface area contributed by atoms with Crippen molar-refractivity contribution < 1.29 is 10.0 Å². The van der Waals surface area contributed by atoms with Gasteiger partial charge in [-0.1, -0.05) is 25.7 Å². The predicted molar refractivity (Wildman–Crippen MR) is 77.6 cm³/mol. The van der Waals surface area contributed by atoms with E-state index < -0.39 is 10.5 Å². The summed E-state index contributed by atoms with van der Waals surface area (Å²) in [5.41, 5.74) is 1.14. The summed E-state index contributed by atoms with van der Waals surface area (Å²) in [5, 5.41) is 24.4. The van der Waals surface area contributed by atoms with Crippen molar-refractivity contribution in [1.29, 1.82) is 0 Å². The first-order valence-corrected chi connectivity index (χ1v) is 6.98. The zero-order chi connectivity index (χ0) is 15.3. The molecule has 1 heterocycles. The van der Waals surface area contributed by atoms with Crippen molar-refractivity contribution in [3.63, 3.8) is 0 Å². The monoisotopic (exact) mass is 296 g/mol. The third-order valence-corrected chi connectivity index (χ3v) is 3.71. The molecular formula is C12H20N6O3. The number of hydrogen-bond donors (Lipinski definition) is 4. The van der Waals surface area contributed by atoms with Gasteiger partial charge in [-0.05, 0) is 12.8 Å². The lowest BCUT2D eigenvalue weighted by atomic mass is 9.94. The number of nitrogens with two attached hydrogens (primary N) is 1. The highest BCUT2D eigenvalue weighted by Crippen LogP contribution is 2.29. The van der Waals surface area contributed by atoms with E-state index in [1.165, 1.54) is 0 Å². The summed E-state index contributed by atoms with van der Waals surface area (Å²) >= 11 is 0. The van der Waals surface area contributed by atoms with Crippen molar-refractivity contribution in [2.24, 2.45) is 5.84 Å². The number of nitrogens with one attached hydrogen (secondary N) is 2. The minimum Gasteiger partial charge on any atom is -0.388 e. The number of aliphatic hydroxyl groups is 1. The van der Waals surface area contributed by atoms with Crippen LogP contribution in [0.3, 0.4) is 0 Å². The Morgan fingerprint density at radius 3 is 2.62 bits per heavy atom. The van der Waals surface area contributed by atoms with Crippen LogP contribution in [0.4, 0.5) is 17.5 Å². The number of nitrogen functional groups attached to an aromatic ring is 1. The molecule has 0 aromatic carbocycles. The number of nitro groups is 1. The molecule has 0 saturated heterocycles. The number of aromatic nitrogens is 2. The smallest absolute Gasteiger partial charge is 0.329 e. The number of hydrogen-bond acceptors (Lipinski definition) is 8. The van der Waals surface area contributed by atoms with E-state index in [1.807, 2.05) is 0 Å². The van der Waals surface area contributed by atoms with Crippen LogP contribution in [-0.2, 0) is 0 Å². The van der Waals surface area contributed by atoms with E-state index in [1.54, 1.807) is 0 Å². The number of rotatable bonds is 5. The molecular weight excluding hydrogens is 276 g/mol. The lowest BCUT2D eigenvalue weighted by Crippen LogP contribution is -2.36. The van der Waals surface area contributed by atoms with Crippen LogP contribution >= 0.6 is 0 Å². The Morgan fingerprint density at radius 1 is 1.38 bits per heavy atom. The number of nitrogens with zero attached hydrogens (tertiary/aromatic N) is 3. The van der Waals surface area contributed by atoms with Gasteiger partial charge in [0.05, 0.1) is 10.5 Å². The molecule has 1 fully saturated rings. The van der Waals surface area contributed by atoms with Crippen LogP contribution in [0.1, 0.15) is 38.5 Å². The van der Waals surface area contributed by atoms with E-state index in [0.29, 0.717) is 12.8 Å². The zero-order valence-corrected chi connectivity index (χ0v) is 11.7. The summed E-state index contributed by atoms with van der Waals surface area (Å²) in [6.07, 6.45) is 6.58. The highest BCUT2D eigenvalue weighted by Gasteiger charge is 2.29. The fourth-order valence-electron chi connectivity index (χ4n) is 2.52. The first-order valence-electron chi connectivity index (χ1n) is 6.98. The van der Waals surface area contributed by atoms with Gasteiger partial charge in [-0.2, -0.15) is 4.98 Å². The van der Waals surface area contributed by atoms with Gasteiger partial charge in [0.1, 0.15) is 6.20 Å². The third kappa shape index (κ3) is 3.99. The van der Waals surface area contributed by atoms with Crippen LogP contribution in [0.5, 0.6) is 0 Å². The highest BCUT2D eigenvalue weighted by molar-refractivity contribution is 5.56. The molecule has 9 nitrogen and oxygen atoms in total. The van der Waals surface area contributed by atoms with Crippen molar-refractivity contribution in [2.75, 3.05) is 17.3 Å². The second kappa shape index (κ2) is 6.64. The van der Waals surface area contributed by atoms with Crippen LogP contribution in [-0.4, -0.2) is 32.1 Å². The molecule has 0 amide bonds. The topological polar surface area (TPSA) is 139 Å². The molecule has 1 saturated carbocycles. The van der Waals surface area contributed by atoms with Gasteiger partial charge < -0.3 is 10.4 Å². The van der Waals surface area contributed by atoms with Crippen LogP contribution in [0.25, 0.3) is 0 Å². The normalized spacial score (nSPS) is 17.8. The van der Waals surface area contributed by atoms with E-state index in [2.05, 4.69) is 20.7 Å². The van der Waals surface area contributed by atoms with Gasteiger partial charge in [0.25, 0.3) is 0 Å². The molecule has 0 unspecified atom stereocenters. The maximum atomic E-state index is 11.0. The summed E-state index contributed by atoms with van der Waals surface area (Å²) < 4.78 is 0. The van der Waals surface area contributed by atoms with E-state index in [-0.39, 0.29) is 24.0 Å². The van der Waals surface area contributed by atoms with Gasteiger partial charge in [-0.3, -0.25) is 15.5 Å². The molecule has 0 radical (unpaired) electrons. The maximum absolute atomic E-state index is 11.0. The quantitative estimate of drug-likeness (QED) is 0.275. The molecule has 9 heteroatoms. The fraction of sp³-hybridized carbons (Fsp3) is 0.667. The standard InChI is InChI=1S/C12H20N6O3/c13-17-11-14-7-9(18(20)21)10(16-11)15-8-12(19)5-3-1-2-4-6-12/h7,19H,1-6,8,13H2,(H2,14,15,16,17). The molecule has 0 bridgehead atoms. The molecule has 1 aliphatic carbocycles. The lowest BCUT2D eigenvalue weighted by Gasteiger charge is -2.26. The van der Waals surface area contributed by atoms with Crippen LogP contribution in [0.2, 0.25) is 0 Å². The molecule has 2 rings (SSSR count). The van der Waals surface area contributed by atoms with Gasteiger partial charge >= 0.3 is 5.69 Å². The average molecular weight is 296 g/mol. The SMILES string of the molecule is NNc1ncc([N+](=O)[O-])c(NCC2(O)CCCCCC2)n1. The number of hydrazine groups is 1. The minimum absolute atomic E-state index is 0.0561. The van der Waals surface area contributed by atoms with Crippen LogP contribution in [0, 0.1) is 10.1 Å². The Kier molecular flexibility index (Phi) is 4.86. The van der Waals surface area contributed by atoms with E-state index >= 15 is 0 Å². The Balaban J connectivity index is 2.12. The zero-order valence-electron chi connectivity index (χ0n) is 11.7. The van der Waals surface area contributed by atoms with Crippen molar-refractivity contribution >= 4 is 17.5 Å². The Hall–Kier alpha value is -2.00. The first kappa shape index (κ1) is 15.4. The van der Waals surface area contributed by atoms with Crippen molar-refractivity contribution in [1.82, 2.24) is 9.97 Å². The highest BCUT2D eigenvalue weighted by atomic mass is 16.6. The van der Waals surface area contributed by atoms with Crippen molar-refractivity contribution in [2.45, 2.75) is 44.1 Å². The van der Waals surface area contributed by atoms with E-state index in [9.17, 15) is 15.2 Å². The molecule has 1 aliphatic rings. The molecule has 0 atom stereocenters. The van der Waals surface area contributed by atoms with Crippen LogP contribution < -0.4 is 16.6 Å².